The van der Waals surface area contributed by atoms with E-state index in [1.807, 2.05) is 36.4 Å². The van der Waals surface area contributed by atoms with Crippen molar-refractivity contribution in [2.75, 3.05) is 19.4 Å². The van der Waals surface area contributed by atoms with Gasteiger partial charge in [0.25, 0.3) is 5.91 Å². The Morgan fingerprint density at radius 2 is 1.83 bits per heavy atom. The molecule has 2 aromatic carbocycles. The molecule has 0 heterocycles. The van der Waals surface area contributed by atoms with Crippen molar-refractivity contribution in [3.63, 3.8) is 0 Å². The Hall–Kier alpha value is -2.14. The number of amides is 2. The molecule has 0 unspecified atom stereocenters. The summed E-state index contributed by atoms with van der Waals surface area (Å²) in [6, 6.07) is 14.8. The van der Waals surface area contributed by atoms with E-state index < -0.39 is 0 Å². The van der Waals surface area contributed by atoms with Crippen molar-refractivity contribution < 1.29 is 9.59 Å². The Morgan fingerprint density at radius 1 is 1.09 bits per heavy atom. The maximum absolute atomic E-state index is 12.2. The molecule has 0 radical (unpaired) electrons. The highest BCUT2D eigenvalue weighted by Crippen LogP contribution is 2.16. The van der Waals surface area contributed by atoms with E-state index >= 15 is 0 Å². The van der Waals surface area contributed by atoms with Crippen LogP contribution in [-0.2, 0) is 11.2 Å². The first kappa shape index (κ1) is 17.2. The standard InChI is InChI=1S/C18H19BrN2O2/c1-21(2)17(22)10-9-13-5-3-8-16(11-13)20-18(23)14-6-4-7-15(19)12-14/h3-8,11-12H,9-10H2,1-2H3,(H,20,23). The monoisotopic (exact) mass is 374 g/mol. The first-order chi connectivity index (χ1) is 11.0. The number of hydrogen-bond donors (Lipinski definition) is 1. The average Bonchev–Trinajstić information content (AvgIpc) is 2.52. The van der Waals surface area contributed by atoms with Gasteiger partial charge in [0.15, 0.2) is 0 Å². The molecule has 5 heteroatoms. The van der Waals surface area contributed by atoms with E-state index in [4.69, 9.17) is 0 Å². The van der Waals surface area contributed by atoms with Gasteiger partial charge in [0, 0.05) is 36.2 Å². The zero-order chi connectivity index (χ0) is 16.8. The number of halogens is 1. The molecule has 0 aliphatic heterocycles. The molecule has 0 saturated carbocycles. The molecular formula is C18H19BrN2O2. The second-order valence-corrected chi connectivity index (χ2v) is 6.37. The van der Waals surface area contributed by atoms with Crippen LogP contribution in [0.15, 0.2) is 53.0 Å². The summed E-state index contributed by atoms with van der Waals surface area (Å²) < 4.78 is 0.862. The van der Waals surface area contributed by atoms with E-state index in [9.17, 15) is 9.59 Å². The highest BCUT2D eigenvalue weighted by molar-refractivity contribution is 9.10. The van der Waals surface area contributed by atoms with Gasteiger partial charge in [0.2, 0.25) is 5.91 Å². The summed E-state index contributed by atoms with van der Waals surface area (Å²) in [4.78, 5) is 25.5. The number of nitrogens with zero attached hydrogens (tertiary/aromatic N) is 1. The number of nitrogens with one attached hydrogen (secondary N) is 1. The molecule has 1 N–H and O–H groups in total. The van der Waals surface area contributed by atoms with Crippen molar-refractivity contribution in [3.05, 3.63) is 64.1 Å². The quantitative estimate of drug-likeness (QED) is 0.866. The number of rotatable bonds is 5. The van der Waals surface area contributed by atoms with Crippen molar-refractivity contribution >= 4 is 33.4 Å². The zero-order valence-corrected chi connectivity index (χ0v) is 14.8. The molecule has 0 aromatic heterocycles. The Bertz CT molecular complexity index is 714. The van der Waals surface area contributed by atoms with Crippen molar-refractivity contribution in [3.8, 4) is 0 Å². The van der Waals surface area contributed by atoms with Gasteiger partial charge in [0.1, 0.15) is 0 Å². The van der Waals surface area contributed by atoms with Gasteiger partial charge in [-0.15, -0.1) is 0 Å². The lowest BCUT2D eigenvalue weighted by atomic mass is 10.1. The van der Waals surface area contributed by atoms with E-state index in [0.717, 1.165) is 15.7 Å². The van der Waals surface area contributed by atoms with Gasteiger partial charge >= 0.3 is 0 Å². The van der Waals surface area contributed by atoms with Gasteiger partial charge in [-0.2, -0.15) is 0 Å². The zero-order valence-electron chi connectivity index (χ0n) is 13.2. The molecule has 2 amide bonds. The first-order valence-corrected chi connectivity index (χ1v) is 8.11. The van der Waals surface area contributed by atoms with Gasteiger partial charge < -0.3 is 10.2 Å². The molecular weight excluding hydrogens is 356 g/mol. The highest BCUT2D eigenvalue weighted by atomic mass is 79.9. The number of benzene rings is 2. The van der Waals surface area contributed by atoms with Gasteiger partial charge in [0.05, 0.1) is 0 Å². The third-order valence-electron chi connectivity index (χ3n) is 3.40. The lowest BCUT2D eigenvalue weighted by Gasteiger charge is -2.11. The number of hydrogen-bond acceptors (Lipinski definition) is 2. The Labute approximate surface area is 144 Å². The molecule has 0 atom stereocenters. The van der Waals surface area contributed by atoms with Gasteiger partial charge in [-0.05, 0) is 42.3 Å². The van der Waals surface area contributed by atoms with E-state index in [1.54, 1.807) is 31.1 Å². The SMILES string of the molecule is CN(C)C(=O)CCc1cccc(NC(=O)c2cccc(Br)c2)c1. The number of anilines is 1. The summed E-state index contributed by atoms with van der Waals surface area (Å²) in [7, 11) is 3.49. The Kier molecular flexibility index (Phi) is 5.93. The molecule has 0 saturated heterocycles. The molecule has 0 fully saturated rings. The van der Waals surface area contributed by atoms with Crippen LogP contribution in [-0.4, -0.2) is 30.8 Å². The molecule has 2 aromatic rings. The second-order valence-electron chi connectivity index (χ2n) is 5.45. The normalized spacial score (nSPS) is 10.2. The number of aryl methyl sites for hydroxylation is 1. The van der Waals surface area contributed by atoms with Crippen LogP contribution in [0, 0.1) is 0 Å². The van der Waals surface area contributed by atoms with Crippen molar-refractivity contribution in [2.45, 2.75) is 12.8 Å². The summed E-state index contributed by atoms with van der Waals surface area (Å²) >= 11 is 3.36. The van der Waals surface area contributed by atoms with E-state index in [2.05, 4.69) is 21.2 Å². The third-order valence-corrected chi connectivity index (χ3v) is 3.89. The fourth-order valence-electron chi connectivity index (χ4n) is 2.11. The fraction of sp³-hybridized carbons (Fsp3) is 0.222. The molecule has 0 bridgehead atoms. The topological polar surface area (TPSA) is 49.4 Å². The van der Waals surface area contributed by atoms with Crippen LogP contribution < -0.4 is 5.32 Å². The van der Waals surface area contributed by atoms with Gasteiger partial charge in [-0.25, -0.2) is 0 Å². The number of carbonyl (C=O) groups excluding carboxylic acids is 2. The summed E-state index contributed by atoms with van der Waals surface area (Å²) in [5.41, 5.74) is 2.34. The minimum absolute atomic E-state index is 0.0913. The molecule has 0 spiro atoms. The molecule has 0 aliphatic carbocycles. The molecule has 120 valence electrons. The minimum Gasteiger partial charge on any atom is -0.349 e. The van der Waals surface area contributed by atoms with Crippen LogP contribution in [0.5, 0.6) is 0 Å². The van der Waals surface area contributed by atoms with E-state index in [-0.39, 0.29) is 11.8 Å². The van der Waals surface area contributed by atoms with Crippen LogP contribution in [0.25, 0.3) is 0 Å². The summed E-state index contributed by atoms with van der Waals surface area (Å²) in [6.07, 6.45) is 1.10. The largest absolute Gasteiger partial charge is 0.349 e. The van der Waals surface area contributed by atoms with Crippen LogP contribution in [0.3, 0.4) is 0 Å². The molecule has 2 rings (SSSR count). The van der Waals surface area contributed by atoms with E-state index in [1.165, 1.54) is 0 Å². The maximum atomic E-state index is 12.2. The van der Waals surface area contributed by atoms with Crippen LogP contribution in [0.1, 0.15) is 22.3 Å². The lowest BCUT2D eigenvalue weighted by Crippen LogP contribution is -2.21. The van der Waals surface area contributed by atoms with Crippen LogP contribution in [0.4, 0.5) is 5.69 Å². The fourth-order valence-corrected chi connectivity index (χ4v) is 2.51. The second kappa shape index (κ2) is 7.92. The number of carbonyl (C=O) groups is 2. The third kappa shape index (κ3) is 5.21. The molecule has 23 heavy (non-hydrogen) atoms. The minimum atomic E-state index is -0.159. The average molecular weight is 375 g/mol. The Balaban J connectivity index is 2.02. The maximum Gasteiger partial charge on any atom is 0.255 e. The summed E-state index contributed by atoms with van der Waals surface area (Å²) in [5.74, 6) is -0.0682. The highest BCUT2D eigenvalue weighted by Gasteiger charge is 2.08. The first-order valence-electron chi connectivity index (χ1n) is 7.32. The van der Waals surface area contributed by atoms with Crippen molar-refractivity contribution in [1.82, 2.24) is 4.90 Å². The molecule has 0 aliphatic rings. The Morgan fingerprint density at radius 3 is 2.52 bits per heavy atom. The van der Waals surface area contributed by atoms with Crippen LogP contribution in [0.2, 0.25) is 0 Å². The van der Waals surface area contributed by atoms with E-state index in [0.29, 0.717) is 18.4 Å². The summed E-state index contributed by atoms with van der Waals surface area (Å²) in [6.45, 7) is 0. The predicted octanol–water partition coefficient (Wildman–Crippen LogP) is 3.72. The van der Waals surface area contributed by atoms with Crippen LogP contribution >= 0.6 is 15.9 Å². The summed E-state index contributed by atoms with van der Waals surface area (Å²) in [5, 5.41) is 2.88. The molecule has 4 nitrogen and oxygen atoms in total. The van der Waals surface area contributed by atoms with Crippen molar-refractivity contribution in [2.24, 2.45) is 0 Å². The van der Waals surface area contributed by atoms with Gasteiger partial charge in [-0.1, -0.05) is 34.1 Å². The smallest absolute Gasteiger partial charge is 0.255 e. The lowest BCUT2D eigenvalue weighted by molar-refractivity contribution is -0.128. The predicted molar refractivity (Wildman–Crippen MR) is 95.6 cm³/mol. The van der Waals surface area contributed by atoms with Gasteiger partial charge in [-0.3, -0.25) is 9.59 Å². The van der Waals surface area contributed by atoms with Crippen molar-refractivity contribution in [1.29, 1.82) is 0 Å².